The van der Waals surface area contributed by atoms with Crippen molar-refractivity contribution < 1.29 is 9.53 Å². The molecule has 1 amide bonds. The van der Waals surface area contributed by atoms with Gasteiger partial charge in [-0.05, 0) is 0 Å². The number of nitrogens with two attached hydrogens (primary N) is 2. The summed E-state index contributed by atoms with van der Waals surface area (Å²) in [6.45, 7) is 5.39. The van der Waals surface area contributed by atoms with E-state index in [1.807, 2.05) is 32.0 Å². The van der Waals surface area contributed by atoms with E-state index in [0.717, 1.165) is 47.0 Å². The van der Waals surface area contributed by atoms with Gasteiger partial charge in [0.25, 0.3) is 0 Å². The minimum absolute atomic E-state index is 0.162. The summed E-state index contributed by atoms with van der Waals surface area (Å²) in [4.78, 5) is 20.8. The van der Waals surface area contributed by atoms with E-state index in [4.69, 9.17) is 16.2 Å². The Bertz CT molecular complexity index is 817. The van der Waals surface area contributed by atoms with Gasteiger partial charge in [0.15, 0.2) is 0 Å². The van der Waals surface area contributed by atoms with Gasteiger partial charge in [0, 0.05) is 0 Å². The van der Waals surface area contributed by atoms with Crippen LogP contribution in [0.15, 0.2) is 24.4 Å². The predicted octanol–water partition coefficient (Wildman–Crippen LogP) is 0.924. The molecule has 2 aromatic heterocycles. The van der Waals surface area contributed by atoms with Gasteiger partial charge in [-0.2, -0.15) is 0 Å². The van der Waals surface area contributed by atoms with Crippen LogP contribution in [-0.4, -0.2) is 50.4 Å². The Morgan fingerprint density at radius 2 is 2.04 bits per heavy atom. The van der Waals surface area contributed by atoms with Crippen LogP contribution in [0.5, 0.6) is 0 Å². The van der Waals surface area contributed by atoms with Crippen molar-refractivity contribution >= 4 is 37.6 Å². The molecule has 0 aromatic carbocycles. The predicted molar refractivity (Wildman–Crippen MR) is 108 cm³/mol. The number of hydrogen-bond donors (Lipinski definition) is 3. The molecule has 0 radical (unpaired) electrons. The summed E-state index contributed by atoms with van der Waals surface area (Å²) in [5.74, 6) is 0.174. The monoisotopic (exact) mass is 431 g/mol. The molecule has 27 heavy (non-hydrogen) atoms. The second-order valence-corrected chi connectivity index (χ2v) is 9.66. The Morgan fingerprint density at radius 1 is 1.30 bits per heavy atom. The van der Waals surface area contributed by atoms with Gasteiger partial charge in [-0.15, -0.1) is 0 Å². The van der Waals surface area contributed by atoms with Crippen LogP contribution in [0.2, 0.25) is 5.21 Å². The van der Waals surface area contributed by atoms with Crippen molar-refractivity contribution in [2.45, 2.75) is 37.4 Å². The van der Waals surface area contributed by atoms with Crippen LogP contribution in [-0.2, 0) is 4.74 Å². The zero-order valence-corrected chi connectivity index (χ0v) is 17.8. The Labute approximate surface area is 166 Å². The molecule has 1 fully saturated rings. The van der Waals surface area contributed by atoms with Gasteiger partial charge >= 0.3 is 166 Å². The normalized spacial score (nSPS) is 16.6. The van der Waals surface area contributed by atoms with Crippen LogP contribution < -0.4 is 21.3 Å². The molecule has 2 aromatic rings. The van der Waals surface area contributed by atoms with Crippen LogP contribution in [0.1, 0.15) is 34.5 Å². The van der Waals surface area contributed by atoms with Gasteiger partial charge in [-0.3, -0.25) is 0 Å². The van der Waals surface area contributed by atoms with E-state index >= 15 is 0 Å². The standard InChI is InChI=1S/C19H26AsN5O2/c1-12-7-13(2)24-17(8-12)25-15-9-16(23-10-14(15)18(21)26)20-11-19(22)3-5-27-6-4-19/h7-10,20H,3-6,11,22H2,1-2H3,(H2,21,26)(H,23,24,25). The molecule has 7 nitrogen and oxygen atoms in total. The Morgan fingerprint density at radius 3 is 2.70 bits per heavy atom. The number of carbonyl (C=O) groups excluding carboxylic acids is 1. The van der Waals surface area contributed by atoms with E-state index in [9.17, 15) is 4.79 Å². The molecule has 1 atom stereocenters. The average molecular weight is 431 g/mol. The summed E-state index contributed by atoms with van der Waals surface area (Å²) in [6.07, 6.45) is 3.32. The van der Waals surface area contributed by atoms with Crippen molar-refractivity contribution in [3.8, 4) is 0 Å². The molecule has 1 aliphatic heterocycles. The number of primary amides is 1. The number of nitrogens with one attached hydrogen (secondary N) is 1. The zero-order valence-electron chi connectivity index (χ0n) is 15.7. The molecule has 0 saturated carbocycles. The van der Waals surface area contributed by atoms with Crippen molar-refractivity contribution in [1.82, 2.24) is 9.97 Å². The molecule has 1 saturated heterocycles. The van der Waals surface area contributed by atoms with Crippen molar-refractivity contribution in [2.75, 3.05) is 18.5 Å². The molecular weight excluding hydrogens is 405 g/mol. The van der Waals surface area contributed by atoms with Crippen molar-refractivity contribution in [2.24, 2.45) is 11.5 Å². The maximum absolute atomic E-state index is 11.8. The summed E-state index contributed by atoms with van der Waals surface area (Å²) in [5.41, 5.74) is 14.9. The van der Waals surface area contributed by atoms with E-state index in [1.165, 1.54) is 0 Å². The van der Waals surface area contributed by atoms with Crippen molar-refractivity contribution in [1.29, 1.82) is 0 Å². The van der Waals surface area contributed by atoms with Gasteiger partial charge in [0.05, 0.1) is 0 Å². The molecule has 5 N–H and O–H groups in total. The van der Waals surface area contributed by atoms with E-state index in [-0.39, 0.29) is 5.54 Å². The van der Waals surface area contributed by atoms with Crippen LogP contribution in [0.25, 0.3) is 0 Å². The molecule has 0 aliphatic carbocycles. The number of anilines is 2. The summed E-state index contributed by atoms with van der Waals surface area (Å²) >= 11 is -0.543. The first-order valence-electron chi connectivity index (χ1n) is 8.97. The topological polar surface area (TPSA) is 116 Å². The quantitative estimate of drug-likeness (QED) is 0.586. The molecule has 3 heterocycles. The van der Waals surface area contributed by atoms with Gasteiger partial charge in [0.1, 0.15) is 0 Å². The number of rotatable bonds is 6. The third-order valence-electron chi connectivity index (χ3n) is 4.64. The van der Waals surface area contributed by atoms with Gasteiger partial charge in [0.2, 0.25) is 0 Å². The number of ether oxygens (including phenoxy) is 1. The summed E-state index contributed by atoms with van der Waals surface area (Å²) in [7, 11) is 0. The number of aromatic nitrogens is 2. The number of aryl methyl sites for hydroxylation is 2. The first-order valence-corrected chi connectivity index (χ1v) is 11.5. The SMILES string of the molecule is Cc1cc(C)nc(Nc2cc([AsH]CC3(N)CCOCC3)ncc2C(N)=O)c1. The number of pyridine rings is 2. The first-order chi connectivity index (χ1) is 12.8. The Kier molecular flexibility index (Phi) is 6.14. The molecule has 0 spiro atoms. The minimum atomic E-state index is -0.543. The fraction of sp³-hybridized carbons (Fsp3) is 0.421. The average Bonchev–Trinajstić information content (AvgIpc) is 2.60. The fourth-order valence-electron chi connectivity index (χ4n) is 3.12. The molecule has 144 valence electrons. The maximum atomic E-state index is 11.8. The van der Waals surface area contributed by atoms with Crippen LogP contribution >= 0.6 is 0 Å². The second kappa shape index (κ2) is 8.38. The molecular formula is C19H26AsN5O2. The summed E-state index contributed by atoms with van der Waals surface area (Å²) < 4.78 is 6.40. The van der Waals surface area contributed by atoms with Gasteiger partial charge < -0.3 is 0 Å². The summed E-state index contributed by atoms with van der Waals surface area (Å²) in [5, 5.41) is 4.19. The van der Waals surface area contributed by atoms with Crippen molar-refractivity contribution in [3.63, 3.8) is 0 Å². The second-order valence-electron chi connectivity index (χ2n) is 7.10. The zero-order chi connectivity index (χ0) is 19.4. The van der Waals surface area contributed by atoms with Crippen LogP contribution in [0.3, 0.4) is 0 Å². The fourth-order valence-corrected chi connectivity index (χ4v) is 5.82. The third kappa shape index (κ3) is 5.28. The third-order valence-corrected chi connectivity index (χ3v) is 7.82. The number of nitrogens with zero attached hydrogens (tertiary/aromatic N) is 2. The van der Waals surface area contributed by atoms with E-state index in [1.54, 1.807) is 6.20 Å². The Hall–Kier alpha value is -1.95. The van der Waals surface area contributed by atoms with Crippen molar-refractivity contribution in [3.05, 3.63) is 41.2 Å². The van der Waals surface area contributed by atoms with Crippen LogP contribution in [0.4, 0.5) is 11.5 Å². The number of amides is 1. The molecule has 8 heteroatoms. The van der Waals surface area contributed by atoms with Gasteiger partial charge in [-0.1, -0.05) is 0 Å². The van der Waals surface area contributed by atoms with E-state index in [0.29, 0.717) is 17.1 Å². The first kappa shape index (κ1) is 19.8. The van der Waals surface area contributed by atoms with Gasteiger partial charge in [-0.25, -0.2) is 0 Å². The Balaban J connectivity index is 1.81. The van der Waals surface area contributed by atoms with E-state index < -0.39 is 21.7 Å². The molecule has 1 aliphatic rings. The van der Waals surface area contributed by atoms with Crippen LogP contribution in [0, 0.1) is 13.8 Å². The molecule has 0 bridgehead atoms. The van der Waals surface area contributed by atoms with E-state index in [2.05, 4.69) is 15.3 Å². The molecule has 1 unspecified atom stereocenters. The number of hydrogen-bond acceptors (Lipinski definition) is 6. The summed E-state index contributed by atoms with van der Waals surface area (Å²) in [6, 6.07) is 5.85. The molecule has 3 rings (SSSR count). The number of carbonyl (C=O) groups is 1.